The number of hydrogen-bond donors (Lipinski definition) is 2. The molecular weight excluding hydrogens is 384 g/mol. The molecular formula is C18H20N4O5S. The molecule has 28 heavy (non-hydrogen) atoms. The van der Waals surface area contributed by atoms with Crippen LogP contribution in [-0.4, -0.2) is 57.0 Å². The van der Waals surface area contributed by atoms with E-state index in [4.69, 9.17) is 17.0 Å². The predicted molar refractivity (Wildman–Crippen MR) is 103 cm³/mol. The average Bonchev–Trinajstić information content (AvgIpc) is 3.00. The minimum Gasteiger partial charge on any atom is -0.462 e. The van der Waals surface area contributed by atoms with Gasteiger partial charge in [0.1, 0.15) is 11.6 Å². The van der Waals surface area contributed by atoms with Gasteiger partial charge in [0.15, 0.2) is 5.11 Å². The van der Waals surface area contributed by atoms with Crippen LogP contribution < -0.4 is 10.6 Å². The minimum absolute atomic E-state index is 0.0385. The molecule has 10 heteroatoms. The van der Waals surface area contributed by atoms with Gasteiger partial charge in [-0.1, -0.05) is 0 Å². The fourth-order valence-corrected chi connectivity index (χ4v) is 3.47. The Balaban J connectivity index is 1.79. The standard InChI is InChI=1S/C18H20N4O5S/c1-4-27-15(25)10-5-7-11(8-6-10)19-14(24)12-9-13(23)21-17(28)20-16(26)18(2,3)22(12)21/h5-8,12H,4,9H2,1-3H3,(H,19,24)(H,20,26,28). The number of thiocarbonyl (C=S) groups is 1. The second kappa shape index (κ2) is 7.28. The highest BCUT2D eigenvalue weighted by molar-refractivity contribution is 7.80. The van der Waals surface area contributed by atoms with Gasteiger partial charge in [0.05, 0.1) is 18.6 Å². The van der Waals surface area contributed by atoms with E-state index in [1.54, 1.807) is 32.9 Å². The molecule has 0 aromatic heterocycles. The van der Waals surface area contributed by atoms with E-state index in [0.717, 1.165) is 0 Å². The minimum atomic E-state index is -1.13. The Morgan fingerprint density at radius 2 is 1.93 bits per heavy atom. The molecule has 3 rings (SSSR count). The zero-order valence-corrected chi connectivity index (χ0v) is 16.5. The van der Waals surface area contributed by atoms with Crippen LogP contribution in [0.2, 0.25) is 0 Å². The highest BCUT2D eigenvalue weighted by atomic mass is 32.1. The van der Waals surface area contributed by atoms with Crippen molar-refractivity contribution >= 4 is 46.7 Å². The molecule has 0 aliphatic carbocycles. The van der Waals surface area contributed by atoms with Crippen LogP contribution in [0.5, 0.6) is 0 Å². The molecule has 0 saturated carbocycles. The lowest BCUT2D eigenvalue weighted by molar-refractivity contribution is -0.154. The number of carbonyl (C=O) groups excluding carboxylic acids is 4. The molecule has 2 fully saturated rings. The third-order valence-corrected chi connectivity index (χ3v) is 4.90. The van der Waals surface area contributed by atoms with Crippen LogP contribution >= 0.6 is 12.2 Å². The average molecular weight is 404 g/mol. The van der Waals surface area contributed by atoms with Crippen molar-refractivity contribution in [3.63, 3.8) is 0 Å². The Morgan fingerprint density at radius 3 is 2.54 bits per heavy atom. The van der Waals surface area contributed by atoms with E-state index in [0.29, 0.717) is 11.3 Å². The molecule has 1 atom stereocenters. The Hall–Kier alpha value is -2.85. The van der Waals surface area contributed by atoms with E-state index in [-0.39, 0.29) is 30.0 Å². The number of ether oxygens (including phenoxy) is 1. The maximum atomic E-state index is 12.8. The Kier molecular flexibility index (Phi) is 5.18. The van der Waals surface area contributed by atoms with E-state index in [2.05, 4.69) is 10.6 Å². The van der Waals surface area contributed by atoms with Gasteiger partial charge in [-0.15, -0.1) is 0 Å². The number of esters is 1. The molecule has 2 aliphatic rings. The summed E-state index contributed by atoms with van der Waals surface area (Å²) in [5.41, 5.74) is -0.323. The van der Waals surface area contributed by atoms with E-state index in [1.165, 1.54) is 22.2 Å². The van der Waals surface area contributed by atoms with E-state index >= 15 is 0 Å². The van der Waals surface area contributed by atoms with E-state index in [9.17, 15) is 19.2 Å². The largest absolute Gasteiger partial charge is 0.462 e. The number of hydrazine groups is 1. The van der Waals surface area contributed by atoms with Gasteiger partial charge in [0.2, 0.25) is 17.7 Å². The van der Waals surface area contributed by atoms with Crippen molar-refractivity contribution in [2.75, 3.05) is 11.9 Å². The number of nitrogens with one attached hydrogen (secondary N) is 2. The number of nitrogens with zero attached hydrogens (tertiary/aromatic N) is 2. The van der Waals surface area contributed by atoms with Crippen LogP contribution in [0.3, 0.4) is 0 Å². The van der Waals surface area contributed by atoms with Crippen LogP contribution in [0.15, 0.2) is 24.3 Å². The van der Waals surface area contributed by atoms with Gasteiger partial charge in [0.25, 0.3) is 0 Å². The number of fused-ring (bicyclic) bond motifs is 1. The lowest BCUT2D eigenvalue weighted by Crippen LogP contribution is -2.71. The predicted octanol–water partition coefficient (Wildman–Crippen LogP) is 0.813. The van der Waals surface area contributed by atoms with Gasteiger partial charge in [0, 0.05) is 5.69 Å². The Bertz CT molecular complexity index is 867. The number of carbonyl (C=O) groups is 4. The number of hydrogen-bond acceptors (Lipinski definition) is 7. The summed E-state index contributed by atoms with van der Waals surface area (Å²) in [6.07, 6.45) is -0.106. The van der Waals surface area contributed by atoms with Gasteiger partial charge < -0.3 is 10.1 Å². The number of benzene rings is 1. The molecule has 9 nitrogen and oxygen atoms in total. The molecule has 2 N–H and O–H groups in total. The smallest absolute Gasteiger partial charge is 0.338 e. The van der Waals surface area contributed by atoms with Crippen molar-refractivity contribution in [1.29, 1.82) is 0 Å². The molecule has 1 unspecified atom stereocenters. The quantitative estimate of drug-likeness (QED) is 0.565. The SMILES string of the molecule is CCOC(=O)c1ccc(NC(=O)C2CC(=O)N3C(=S)NC(=O)C(C)(C)N23)cc1. The first-order valence-electron chi connectivity index (χ1n) is 8.72. The molecule has 0 bridgehead atoms. The monoisotopic (exact) mass is 404 g/mol. The first kappa shape index (κ1) is 19.9. The first-order valence-corrected chi connectivity index (χ1v) is 9.13. The summed E-state index contributed by atoms with van der Waals surface area (Å²) in [5, 5.41) is 7.75. The summed E-state index contributed by atoms with van der Waals surface area (Å²) < 4.78 is 4.92. The molecule has 3 amide bonds. The zero-order chi connectivity index (χ0) is 20.6. The van der Waals surface area contributed by atoms with Gasteiger partial charge in [-0.25, -0.2) is 9.80 Å². The van der Waals surface area contributed by atoms with Crippen molar-refractivity contribution in [1.82, 2.24) is 15.3 Å². The second-order valence-electron chi connectivity index (χ2n) is 6.88. The summed E-state index contributed by atoms with van der Waals surface area (Å²) >= 11 is 5.09. The summed E-state index contributed by atoms with van der Waals surface area (Å²) in [5.74, 6) is -1.66. The number of amides is 3. The lowest BCUT2D eigenvalue weighted by Gasteiger charge is -2.45. The van der Waals surface area contributed by atoms with Gasteiger partial charge in [-0.3, -0.25) is 19.7 Å². The molecule has 0 spiro atoms. The van der Waals surface area contributed by atoms with Crippen LogP contribution in [-0.2, 0) is 19.1 Å². The van der Waals surface area contributed by atoms with Gasteiger partial charge >= 0.3 is 5.97 Å². The summed E-state index contributed by atoms with van der Waals surface area (Å²) in [7, 11) is 0. The third-order valence-electron chi connectivity index (χ3n) is 4.62. The fraction of sp³-hybridized carbons (Fsp3) is 0.389. The van der Waals surface area contributed by atoms with Crippen molar-refractivity contribution in [3.05, 3.63) is 29.8 Å². The highest BCUT2D eigenvalue weighted by Crippen LogP contribution is 2.33. The van der Waals surface area contributed by atoms with Crippen molar-refractivity contribution in [2.45, 2.75) is 38.8 Å². The van der Waals surface area contributed by atoms with Crippen molar-refractivity contribution in [3.8, 4) is 0 Å². The lowest BCUT2D eigenvalue weighted by atomic mass is 10.00. The normalized spacial score (nSPS) is 21.2. The topological polar surface area (TPSA) is 108 Å². The van der Waals surface area contributed by atoms with Crippen LogP contribution in [0.1, 0.15) is 37.6 Å². The Labute approximate surface area is 167 Å². The summed E-state index contributed by atoms with van der Waals surface area (Å²) in [4.78, 5) is 49.2. The third kappa shape index (κ3) is 3.36. The number of rotatable bonds is 4. The van der Waals surface area contributed by atoms with Crippen molar-refractivity contribution in [2.24, 2.45) is 0 Å². The molecule has 1 aromatic carbocycles. The van der Waals surface area contributed by atoms with Gasteiger partial charge in [-0.05, 0) is 57.3 Å². The zero-order valence-electron chi connectivity index (χ0n) is 15.6. The maximum Gasteiger partial charge on any atom is 0.338 e. The van der Waals surface area contributed by atoms with Crippen LogP contribution in [0.4, 0.5) is 5.69 Å². The molecule has 0 radical (unpaired) electrons. The molecule has 2 aliphatic heterocycles. The second-order valence-corrected chi connectivity index (χ2v) is 7.26. The molecule has 2 heterocycles. The van der Waals surface area contributed by atoms with E-state index < -0.39 is 23.5 Å². The fourth-order valence-electron chi connectivity index (χ4n) is 3.19. The maximum absolute atomic E-state index is 12.8. The number of anilines is 1. The van der Waals surface area contributed by atoms with E-state index in [1.807, 2.05) is 0 Å². The van der Waals surface area contributed by atoms with Crippen LogP contribution in [0, 0.1) is 0 Å². The van der Waals surface area contributed by atoms with Gasteiger partial charge in [-0.2, -0.15) is 5.01 Å². The van der Waals surface area contributed by atoms with Crippen LogP contribution in [0.25, 0.3) is 0 Å². The Morgan fingerprint density at radius 1 is 1.29 bits per heavy atom. The highest BCUT2D eigenvalue weighted by Gasteiger charge is 2.56. The molecule has 1 aromatic rings. The first-order chi connectivity index (χ1) is 13.2. The molecule has 148 valence electrons. The van der Waals surface area contributed by atoms with Crippen molar-refractivity contribution < 1.29 is 23.9 Å². The molecule has 2 saturated heterocycles. The summed E-state index contributed by atoms with van der Waals surface area (Å²) in [6.45, 7) is 5.21. The summed E-state index contributed by atoms with van der Waals surface area (Å²) in [6, 6.07) is 5.31.